The van der Waals surface area contributed by atoms with Crippen molar-refractivity contribution in [1.82, 2.24) is 4.72 Å². The molecule has 18 heavy (non-hydrogen) atoms. The third-order valence-electron chi connectivity index (χ3n) is 2.31. The summed E-state index contributed by atoms with van der Waals surface area (Å²) in [5.74, 6) is -0.180. The van der Waals surface area contributed by atoms with E-state index in [2.05, 4.69) is 4.72 Å². The van der Waals surface area contributed by atoms with E-state index < -0.39 is 15.8 Å². The van der Waals surface area contributed by atoms with Gasteiger partial charge in [0, 0.05) is 11.9 Å². The van der Waals surface area contributed by atoms with Crippen molar-refractivity contribution in [3.8, 4) is 0 Å². The van der Waals surface area contributed by atoms with Crippen LogP contribution in [-0.4, -0.2) is 20.3 Å². The van der Waals surface area contributed by atoms with E-state index in [1.54, 1.807) is 6.92 Å². The molecule has 1 aromatic carbocycles. The topological polar surface area (TPSA) is 46.2 Å². The Kier molecular flexibility index (Phi) is 5.85. The van der Waals surface area contributed by atoms with Crippen molar-refractivity contribution in [3.05, 3.63) is 29.0 Å². The lowest BCUT2D eigenvalue weighted by atomic mass is 10.2. The molecule has 0 aliphatic carbocycles. The Bertz CT molecular complexity index is 508. The van der Waals surface area contributed by atoms with Crippen molar-refractivity contribution in [2.24, 2.45) is 0 Å². The molecular formula is C11H14Cl2FNO2S. The lowest BCUT2D eigenvalue weighted by Gasteiger charge is -2.14. The van der Waals surface area contributed by atoms with Crippen molar-refractivity contribution < 1.29 is 12.8 Å². The third-order valence-corrected chi connectivity index (χ3v) is 4.65. The summed E-state index contributed by atoms with van der Waals surface area (Å²) < 4.78 is 39.5. The highest BCUT2D eigenvalue weighted by Gasteiger charge is 2.20. The highest BCUT2D eigenvalue weighted by molar-refractivity contribution is 7.89. The highest BCUT2D eigenvalue weighted by atomic mass is 35.5. The van der Waals surface area contributed by atoms with Gasteiger partial charge < -0.3 is 0 Å². The monoisotopic (exact) mass is 313 g/mol. The fourth-order valence-corrected chi connectivity index (χ4v) is 3.40. The van der Waals surface area contributed by atoms with Crippen LogP contribution in [0.3, 0.4) is 0 Å². The molecule has 0 radical (unpaired) electrons. The van der Waals surface area contributed by atoms with E-state index in [9.17, 15) is 12.8 Å². The maximum atomic E-state index is 13.0. The van der Waals surface area contributed by atoms with Gasteiger partial charge in [-0.3, -0.25) is 0 Å². The number of rotatable bonds is 6. The first-order valence-corrected chi connectivity index (χ1v) is 7.79. The molecule has 0 fully saturated rings. The number of benzene rings is 1. The molecule has 0 saturated carbocycles. The van der Waals surface area contributed by atoms with Crippen LogP contribution in [0.1, 0.15) is 19.8 Å². The van der Waals surface area contributed by atoms with Gasteiger partial charge in [0.25, 0.3) is 0 Å². The van der Waals surface area contributed by atoms with Crippen LogP contribution in [0, 0.1) is 5.82 Å². The first-order chi connectivity index (χ1) is 8.36. The van der Waals surface area contributed by atoms with Crippen LogP contribution in [0.4, 0.5) is 4.39 Å². The summed E-state index contributed by atoms with van der Waals surface area (Å²) in [4.78, 5) is -0.248. The lowest BCUT2D eigenvalue weighted by Crippen LogP contribution is -2.32. The number of alkyl halides is 1. The minimum absolute atomic E-state index is 0.00607. The van der Waals surface area contributed by atoms with E-state index in [1.807, 2.05) is 0 Å². The summed E-state index contributed by atoms with van der Waals surface area (Å²) in [7, 11) is -3.81. The summed E-state index contributed by atoms with van der Waals surface area (Å²) in [5.41, 5.74) is 0. The molecule has 0 aromatic heterocycles. The fourth-order valence-electron chi connectivity index (χ4n) is 1.45. The molecule has 7 heteroatoms. The summed E-state index contributed by atoms with van der Waals surface area (Å²) >= 11 is 11.3. The van der Waals surface area contributed by atoms with Gasteiger partial charge in [0.15, 0.2) is 0 Å². The molecule has 3 nitrogen and oxygen atoms in total. The Balaban J connectivity index is 2.89. The molecule has 102 valence electrons. The van der Waals surface area contributed by atoms with Crippen molar-refractivity contribution in [2.45, 2.75) is 30.7 Å². The average Bonchev–Trinajstić information content (AvgIpc) is 2.29. The third kappa shape index (κ3) is 4.39. The zero-order valence-corrected chi connectivity index (χ0v) is 12.1. The fraction of sp³-hybridized carbons (Fsp3) is 0.455. The van der Waals surface area contributed by atoms with Crippen LogP contribution in [0.5, 0.6) is 0 Å². The van der Waals surface area contributed by atoms with Crippen LogP contribution < -0.4 is 4.72 Å². The number of hydrogen-bond donors (Lipinski definition) is 1. The van der Waals surface area contributed by atoms with Gasteiger partial charge in [-0.15, -0.1) is 11.6 Å². The molecule has 0 aliphatic rings. The van der Waals surface area contributed by atoms with Crippen LogP contribution in [-0.2, 0) is 10.0 Å². The Hall–Kier alpha value is -0.360. The van der Waals surface area contributed by atoms with E-state index >= 15 is 0 Å². The Morgan fingerprint density at radius 2 is 2.11 bits per heavy atom. The second-order valence-electron chi connectivity index (χ2n) is 3.93. The van der Waals surface area contributed by atoms with Crippen LogP contribution in [0.2, 0.25) is 5.02 Å². The van der Waals surface area contributed by atoms with Gasteiger partial charge in [-0.25, -0.2) is 17.5 Å². The second-order valence-corrected chi connectivity index (χ2v) is 6.40. The van der Waals surface area contributed by atoms with Gasteiger partial charge >= 0.3 is 0 Å². The van der Waals surface area contributed by atoms with Gasteiger partial charge in [0.1, 0.15) is 10.7 Å². The summed E-state index contributed by atoms with van der Waals surface area (Å²) in [6, 6.07) is 2.94. The molecule has 0 amide bonds. The SMILES string of the molecule is CC(CCCCl)NS(=O)(=O)c1cc(F)ccc1Cl. The number of sulfonamides is 1. The van der Waals surface area contributed by atoms with Crippen LogP contribution in [0.25, 0.3) is 0 Å². The quantitative estimate of drug-likeness (QED) is 0.820. The van der Waals surface area contributed by atoms with Gasteiger partial charge in [-0.2, -0.15) is 0 Å². The minimum atomic E-state index is -3.81. The summed E-state index contributed by atoms with van der Waals surface area (Å²) in [5, 5.41) is -0.00607. The highest BCUT2D eigenvalue weighted by Crippen LogP contribution is 2.22. The van der Waals surface area contributed by atoms with Crippen LogP contribution in [0.15, 0.2) is 23.1 Å². The van der Waals surface area contributed by atoms with Crippen molar-refractivity contribution in [1.29, 1.82) is 0 Å². The molecule has 0 aliphatic heterocycles. The molecule has 0 bridgehead atoms. The van der Waals surface area contributed by atoms with Gasteiger partial charge in [0.05, 0.1) is 5.02 Å². The Labute approximate surface area is 116 Å². The number of hydrogen-bond acceptors (Lipinski definition) is 2. The van der Waals surface area contributed by atoms with Crippen molar-refractivity contribution >= 4 is 33.2 Å². The first-order valence-electron chi connectivity index (χ1n) is 5.40. The molecule has 0 spiro atoms. The molecule has 1 atom stereocenters. The number of halogens is 3. The Morgan fingerprint density at radius 1 is 1.44 bits per heavy atom. The molecule has 0 heterocycles. The smallest absolute Gasteiger partial charge is 0.208 e. The summed E-state index contributed by atoms with van der Waals surface area (Å²) in [6.07, 6.45) is 1.30. The van der Waals surface area contributed by atoms with E-state index in [0.29, 0.717) is 18.7 Å². The average molecular weight is 314 g/mol. The van der Waals surface area contributed by atoms with Crippen molar-refractivity contribution in [2.75, 3.05) is 5.88 Å². The molecule has 0 saturated heterocycles. The van der Waals surface area contributed by atoms with E-state index in [1.165, 1.54) is 6.07 Å². The van der Waals surface area contributed by atoms with E-state index in [4.69, 9.17) is 23.2 Å². The van der Waals surface area contributed by atoms with Gasteiger partial charge in [-0.1, -0.05) is 11.6 Å². The predicted octanol–water partition coefficient (Wildman–Crippen LogP) is 3.16. The maximum Gasteiger partial charge on any atom is 0.242 e. The minimum Gasteiger partial charge on any atom is -0.208 e. The lowest BCUT2D eigenvalue weighted by molar-refractivity contribution is 0.543. The molecular weight excluding hydrogens is 300 g/mol. The van der Waals surface area contributed by atoms with Crippen LogP contribution >= 0.6 is 23.2 Å². The maximum absolute atomic E-state index is 13.0. The Morgan fingerprint density at radius 3 is 2.72 bits per heavy atom. The second kappa shape index (κ2) is 6.70. The molecule has 1 aromatic rings. The van der Waals surface area contributed by atoms with Gasteiger partial charge in [-0.05, 0) is 38.0 Å². The van der Waals surface area contributed by atoms with E-state index in [-0.39, 0.29) is 16.0 Å². The zero-order chi connectivity index (χ0) is 13.8. The van der Waals surface area contributed by atoms with Crippen molar-refractivity contribution in [3.63, 3.8) is 0 Å². The largest absolute Gasteiger partial charge is 0.242 e. The molecule has 1 unspecified atom stereocenters. The molecule has 1 N–H and O–H groups in total. The van der Waals surface area contributed by atoms with Gasteiger partial charge in [0.2, 0.25) is 10.0 Å². The summed E-state index contributed by atoms with van der Waals surface area (Å²) in [6.45, 7) is 1.72. The first kappa shape index (κ1) is 15.7. The standard InChI is InChI=1S/C11H14Cl2FNO2S/c1-8(3-2-6-12)15-18(16,17)11-7-9(14)4-5-10(11)13/h4-5,7-8,15H,2-3,6H2,1H3. The normalized spacial score (nSPS) is 13.6. The molecule has 1 rings (SSSR count). The predicted molar refractivity (Wildman–Crippen MR) is 71.1 cm³/mol. The zero-order valence-electron chi connectivity index (χ0n) is 9.79. The number of nitrogens with one attached hydrogen (secondary N) is 1. The van der Waals surface area contributed by atoms with E-state index in [0.717, 1.165) is 12.1 Å².